The first kappa shape index (κ1) is 11.7. The summed E-state index contributed by atoms with van der Waals surface area (Å²) in [5.74, 6) is 0.964. The number of hydrogen-bond donors (Lipinski definition) is 0. The van der Waals surface area contributed by atoms with Crippen molar-refractivity contribution in [3.8, 4) is 0 Å². The third-order valence-electron chi connectivity index (χ3n) is 3.26. The van der Waals surface area contributed by atoms with E-state index in [-0.39, 0.29) is 0 Å². The van der Waals surface area contributed by atoms with Gasteiger partial charge in [-0.2, -0.15) is 0 Å². The molecule has 2 heterocycles. The van der Waals surface area contributed by atoms with Crippen LogP contribution in [-0.4, -0.2) is 16.5 Å². The van der Waals surface area contributed by atoms with Crippen molar-refractivity contribution < 1.29 is 0 Å². The lowest BCUT2D eigenvalue weighted by Crippen LogP contribution is -2.19. The number of anilines is 2. The summed E-state index contributed by atoms with van der Waals surface area (Å²) < 4.78 is 0.828. The number of para-hydroxylation sites is 1. The maximum atomic E-state index is 4.39. The number of nitrogens with zero attached hydrogens (tertiary/aromatic N) is 3. The van der Waals surface area contributed by atoms with Crippen molar-refractivity contribution >= 4 is 27.4 Å². The lowest BCUT2D eigenvalue weighted by atomic mass is 10.1. The first-order valence-electron chi connectivity index (χ1n) is 6.17. The van der Waals surface area contributed by atoms with Gasteiger partial charge in [-0.25, -0.2) is 9.97 Å². The predicted molar refractivity (Wildman–Crippen MR) is 76.1 cm³/mol. The highest BCUT2D eigenvalue weighted by Gasteiger charge is 2.17. The van der Waals surface area contributed by atoms with Crippen molar-refractivity contribution in [2.75, 3.05) is 11.4 Å². The van der Waals surface area contributed by atoms with Gasteiger partial charge in [0.15, 0.2) is 0 Å². The zero-order chi connectivity index (χ0) is 12.4. The number of aromatic nitrogens is 2. The molecule has 0 atom stereocenters. The topological polar surface area (TPSA) is 29.0 Å². The Morgan fingerprint density at radius 1 is 1.11 bits per heavy atom. The minimum absolute atomic E-state index is 0.828. The molecule has 0 saturated heterocycles. The summed E-state index contributed by atoms with van der Waals surface area (Å²) >= 11 is 3.41. The van der Waals surface area contributed by atoms with Crippen LogP contribution in [0.3, 0.4) is 0 Å². The minimum Gasteiger partial charge on any atom is -0.326 e. The Morgan fingerprint density at radius 3 is 2.89 bits per heavy atom. The zero-order valence-electron chi connectivity index (χ0n) is 10.0. The van der Waals surface area contributed by atoms with Crippen LogP contribution in [0, 0.1) is 0 Å². The molecule has 0 spiro atoms. The Kier molecular flexibility index (Phi) is 3.28. The van der Waals surface area contributed by atoms with Crippen molar-refractivity contribution in [3.63, 3.8) is 0 Å². The Hall–Kier alpha value is -1.42. The second-order valence-electron chi connectivity index (χ2n) is 4.44. The van der Waals surface area contributed by atoms with Gasteiger partial charge in [0.25, 0.3) is 0 Å². The molecule has 0 aliphatic carbocycles. The monoisotopic (exact) mass is 303 g/mol. The van der Waals surface area contributed by atoms with Crippen LogP contribution in [0.1, 0.15) is 18.4 Å². The molecule has 1 aliphatic heterocycles. The standard InChI is InChI=1S/C14H14BrN3/c15-13-9-14(17-10-16-13)18-8-4-3-6-11-5-1-2-7-12(11)18/h1-2,5,7,9-10H,3-4,6,8H2. The van der Waals surface area contributed by atoms with Crippen LogP contribution in [-0.2, 0) is 6.42 Å². The van der Waals surface area contributed by atoms with E-state index >= 15 is 0 Å². The fourth-order valence-corrected chi connectivity index (χ4v) is 2.70. The summed E-state index contributed by atoms with van der Waals surface area (Å²) in [6, 6.07) is 10.6. The Bertz CT molecular complexity index is 556. The third kappa shape index (κ3) is 2.25. The summed E-state index contributed by atoms with van der Waals surface area (Å²) in [6.45, 7) is 1.01. The molecule has 0 unspecified atom stereocenters. The number of hydrogen-bond acceptors (Lipinski definition) is 3. The molecule has 0 fully saturated rings. The van der Waals surface area contributed by atoms with Crippen LogP contribution in [0.2, 0.25) is 0 Å². The molecule has 0 saturated carbocycles. The molecule has 0 amide bonds. The fourth-order valence-electron chi connectivity index (χ4n) is 2.40. The lowest BCUT2D eigenvalue weighted by Gasteiger charge is -2.23. The number of aryl methyl sites for hydroxylation is 1. The van der Waals surface area contributed by atoms with E-state index in [1.807, 2.05) is 6.07 Å². The fraction of sp³-hybridized carbons (Fsp3) is 0.286. The van der Waals surface area contributed by atoms with Gasteiger partial charge in [0.05, 0.1) is 0 Å². The molecule has 2 aromatic rings. The summed E-state index contributed by atoms with van der Waals surface area (Å²) in [4.78, 5) is 10.8. The van der Waals surface area contributed by atoms with Gasteiger partial charge in [0.1, 0.15) is 16.7 Å². The lowest BCUT2D eigenvalue weighted by molar-refractivity contribution is 0.757. The highest BCUT2D eigenvalue weighted by Crippen LogP contribution is 2.31. The molecule has 1 aromatic heterocycles. The van der Waals surface area contributed by atoms with Gasteiger partial charge in [0, 0.05) is 18.3 Å². The van der Waals surface area contributed by atoms with E-state index in [2.05, 4.69) is 55.1 Å². The molecule has 1 aromatic carbocycles. The first-order chi connectivity index (χ1) is 8.84. The Morgan fingerprint density at radius 2 is 2.00 bits per heavy atom. The molecule has 3 nitrogen and oxygen atoms in total. The first-order valence-corrected chi connectivity index (χ1v) is 6.97. The van der Waals surface area contributed by atoms with E-state index in [9.17, 15) is 0 Å². The van der Waals surface area contributed by atoms with E-state index in [0.29, 0.717) is 0 Å². The number of halogens is 1. The maximum absolute atomic E-state index is 4.39. The van der Waals surface area contributed by atoms with Crippen molar-refractivity contribution in [1.82, 2.24) is 9.97 Å². The molecule has 18 heavy (non-hydrogen) atoms. The van der Waals surface area contributed by atoms with Gasteiger partial charge in [-0.3, -0.25) is 0 Å². The summed E-state index contributed by atoms with van der Waals surface area (Å²) in [7, 11) is 0. The molecule has 92 valence electrons. The highest BCUT2D eigenvalue weighted by molar-refractivity contribution is 9.10. The molecule has 0 N–H and O–H groups in total. The second-order valence-corrected chi connectivity index (χ2v) is 5.25. The summed E-state index contributed by atoms with van der Waals surface area (Å²) in [5, 5.41) is 0. The van der Waals surface area contributed by atoms with E-state index in [1.54, 1.807) is 6.33 Å². The molecule has 3 rings (SSSR count). The summed E-state index contributed by atoms with van der Waals surface area (Å²) in [5.41, 5.74) is 2.69. The number of rotatable bonds is 1. The van der Waals surface area contributed by atoms with Crippen LogP contribution in [0.4, 0.5) is 11.5 Å². The minimum atomic E-state index is 0.828. The van der Waals surface area contributed by atoms with Gasteiger partial charge >= 0.3 is 0 Å². The average Bonchev–Trinajstić information content (AvgIpc) is 2.61. The van der Waals surface area contributed by atoms with Crippen molar-refractivity contribution in [3.05, 3.63) is 46.8 Å². The van der Waals surface area contributed by atoms with Gasteiger partial charge in [-0.15, -0.1) is 0 Å². The van der Waals surface area contributed by atoms with Crippen molar-refractivity contribution in [1.29, 1.82) is 0 Å². The maximum Gasteiger partial charge on any atom is 0.137 e. The van der Waals surface area contributed by atoms with Crippen LogP contribution >= 0.6 is 15.9 Å². The van der Waals surface area contributed by atoms with Crippen LogP contribution in [0.15, 0.2) is 41.3 Å². The zero-order valence-corrected chi connectivity index (χ0v) is 11.6. The Balaban J connectivity index is 2.06. The molecule has 4 heteroatoms. The van der Waals surface area contributed by atoms with Gasteiger partial charge < -0.3 is 4.90 Å². The average molecular weight is 304 g/mol. The van der Waals surface area contributed by atoms with Crippen LogP contribution < -0.4 is 4.90 Å². The highest BCUT2D eigenvalue weighted by atomic mass is 79.9. The van der Waals surface area contributed by atoms with E-state index < -0.39 is 0 Å². The van der Waals surface area contributed by atoms with Gasteiger partial charge in [-0.1, -0.05) is 18.2 Å². The Labute approximate surface area is 115 Å². The van der Waals surface area contributed by atoms with E-state index in [4.69, 9.17) is 0 Å². The van der Waals surface area contributed by atoms with Crippen molar-refractivity contribution in [2.24, 2.45) is 0 Å². The van der Waals surface area contributed by atoms with E-state index in [1.165, 1.54) is 24.1 Å². The molecule has 0 bridgehead atoms. The molecule has 1 aliphatic rings. The molecular formula is C14H14BrN3. The van der Waals surface area contributed by atoms with Gasteiger partial charge in [0.2, 0.25) is 0 Å². The SMILES string of the molecule is Brc1cc(N2CCCCc3ccccc32)ncn1. The third-order valence-corrected chi connectivity index (χ3v) is 3.69. The van der Waals surface area contributed by atoms with Crippen LogP contribution in [0.25, 0.3) is 0 Å². The molecular weight excluding hydrogens is 290 g/mol. The normalized spacial score (nSPS) is 15.1. The number of fused-ring (bicyclic) bond motifs is 1. The van der Waals surface area contributed by atoms with Crippen molar-refractivity contribution in [2.45, 2.75) is 19.3 Å². The second kappa shape index (κ2) is 5.06. The smallest absolute Gasteiger partial charge is 0.137 e. The summed E-state index contributed by atoms with van der Waals surface area (Å²) in [6.07, 6.45) is 5.18. The van der Waals surface area contributed by atoms with Crippen LogP contribution in [0.5, 0.6) is 0 Å². The largest absolute Gasteiger partial charge is 0.326 e. The quantitative estimate of drug-likeness (QED) is 0.752. The predicted octanol–water partition coefficient (Wildman–Crippen LogP) is 3.71. The van der Waals surface area contributed by atoms with E-state index in [0.717, 1.165) is 23.4 Å². The number of benzene rings is 1. The van der Waals surface area contributed by atoms with Gasteiger partial charge in [-0.05, 0) is 46.8 Å². The molecule has 0 radical (unpaired) electrons.